The molecule has 0 radical (unpaired) electrons. The third-order valence-electron chi connectivity index (χ3n) is 5.35. The highest BCUT2D eigenvalue weighted by molar-refractivity contribution is 7.89. The fraction of sp³-hybridized carbons (Fsp3) is 0.381. The largest absolute Gasteiger partial charge is 0.339 e. The summed E-state index contributed by atoms with van der Waals surface area (Å²) in [6.45, 7) is 2.93. The van der Waals surface area contributed by atoms with Gasteiger partial charge in [-0.1, -0.05) is 23.4 Å². The maximum Gasteiger partial charge on any atom is 0.243 e. The number of aryl methyl sites for hydroxylation is 2. The first-order valence-electron chi connectivity index (χ1n) is 9.83. The number of hydrogen-bond donors (Lipinski definition) is 0. The van der Waals surface area contributed by atoms with E-state index < -0.39 is 10.0 Å². The molecule has 3 heterocycles. The van der Waals surface area contributed by atoms with Crippen molar-refractivity contribution in [3.63, 3.8) is 0 Å². The van der Waals surface area contributed by atoms with E-state index in [2.05, 4.69) is 15.1 Å². The molecule has 152 valence electrons. The number of sulfonamides is 1. The highest BCUT2D eigenvalue weighted by atomic mass is 32.2. The summed E-state index contributed by atoms with van der Waals surface area (Å²) in [5.41, 5.74) is 1.60. The van der Waals surface area contributed by atoms with Crippen LogP contribution in [0.3, 0.4) is 0 Å². The van der Waals surface area contributed by atoms with Gasteiger partial charge < -0.3 is 4.52 Å². The number of piperidine rings is 1. The third-order valence-corrected chi connectivity index (χ3v) is 7.37. The molecule has 1 unspecified atom stereocenters. The monoisotopic (exact) mass is 412 g/mol. The Kier molecular flexibility index (Phi) is 5.73. The molecular formula is C21H24N4O3S. The number of benzene rings is 1. The van der Waals surface area contributed by atoms with Gasteiger partial charge in [-0.15, -0.1) is 0 Å². The smallest absolute Gasteiger partial charge is 0.243 e. The summed E-state index contributed by atoms with van der Waals surface area (Å²) in [6.07, 6.45) is 6.71. The lowest BCUT2D eigenvalue weighted by Crippen LogP contribution is -2.40. The van der Waals surface area contributed by atoms with E-state index in [9.17, 15) is 8.42 Å². The molecule has 0 saturated carbocycles. The van der Waals surface area contributed by atoms with Crippen molar-refractivity contribution in [2.45, 2.75) is 37.5 Å². The molecule has 0 spiro atoms. The van der Waals surface area contributed by atoms with E-state index in [1.165, 1.54) is 0 Å². The van der Waals surface area contributed by atoms with E-state index >= 15 is 0 Å². The Hall–Kier alpha value is -2.58. The third kappa shape index (κ3) is 4.38. The fourth-order valence-corrected chi connectivity index (χ4v) is 5.54. The summed E-state index contributed by atoms with van der Waals surface area (Å²) in [7, 11) is -3.47. The lowest BCUT2D eigenvalue weighted by Gasteiger charge is -2.32. The summed E-state index contributed by atoms with van der Waals surface area (Å²) in [4.78, 5) is 8.91. The average Bonchev–Trinajstić information content (AvgIpc) is 3.22. The molecular weight excluding hydrogens is 388 g/mol. The van der Waals surface area contributed by atoms with Crippen LogP contribution < -0.4 is 0 Å². The van der Waals surface area contributed by atoms with Gasteiger partial charge in [-0.05, 0) is 55.9 Å². The van der Waals surface area contributed by atoms with Crippen LogP contribution >= 0.6 is 0 Å². The van der Waals surface area contributed by atoms with Crippen LogP contribution in [0, 0.1) is 12.8 Å². The van der Waals surface area contributed by atoms with Crippen molar-refractivity contribution in [3.8, 4) is 11.4 Å². The van der Waals surface area contributed by atoms with Gasteiger partial charge in [0.1, 0.15) is 0 Å². The van der Waals surface area contributed by atoms with Crippen molar-refractivity contribution in [3.05, 3.63) is 60.2 Å². The van der Waals surface area contributed by atoms with Gasteiger partial charge in [-0.3, -0.25) is 4.98 Å². The second-order valence-corrected chi connectivity index (χ2v) is 9.34. The van der Waals surface area contributed by atoms with Gasteiger partial charge in [0.15, 0.2) is 0 Å². The van der Waals surface area contributed by atoms with E-state index in [4.69, 9.17) is 4.52 Å². The molecule has 2 aromatic heterocycles. The van der Waals surface area contributed by atoms with Crippen molar-refractivity contribution in [1.82, 2.24) is 19.4 Å². The quantitative estimate of drug-likeness (QED) is 0.616. The molecule has 0 N–H and O–H groups in total. The normalized spacial score (nSPS) is 18.0. The number of hydrogen-bond acceptors (Lipinski definition) is 6. The molecule has 29 heavy (non-hydrogen) atoms. The first kappa shape index (κ1) is 19.7. The Morgan fingerprint density at radius 3 is 2.86 bits per heavy atom. The van der Waals surface area contributed by atoms with Crippen LogP contribution in [-0.4, -0.2) is 40.9 Å². The lowest BCUT2D eigenvalue weighted by atomic mass is 9.95. The van der Waals surface area contributed by atoms with Gasteiger partial charge in [0.05, 0.1) is 4.90 Å². The summed E-state index contributed by atoms with van der Waals surface area (Å²) < 4.78 is 33.1. The summed E-state index contributed by atoms with van der Waals surface area (Å²) in [5.74, 6) is 1.37. The predicted octanol–water partition coefficient (Wildman–Crippen LogP) is 3.47. The molecule has 1 aliphatic rings. The molecule has 1 aromatic carbocycles. The van der Waals surface area contributed by atoms with E-state index in [0.717, 1.165) is 30.4 Å². The highest BCUT2D eigenvalue weighted by Gasteiger charge is 2.31. The van der Waals surface area contributed by atoms with Gasteiger partial charge in [0.2, 0.25) is 21.7 Å². The molecule has 7 nitrogen and oxygen atoms in total. The minimum atomic E-state index is -3.47. The van der Waals surface area contributed by atoms with Gasteiger partial charge >= 0.3 is 0 Å². The summed E-state index contributed by atoms with van der Waals surface area (Å²) in [5, 5.41) is 4.02. The molecule has 1 fully saturated rings. The number of rotatable bonds is 6. The molecule has 8 heteroatoms. The van der Waals surface area contributed by atoms with Crippen molar-refractivity contribution < 1.29 is 12.9 Å². The Balaban J connectivity index is 1.40. The van der Waals surface area contributed by atoms with E-state index in [1.807, 2.05) is 31.2 Å². The van der Waals surface area contributed by atoms with Crippen LogP contribution in [0.4, 0.5) is 0 Å². The van der Waals surface area contributed by atoms with Gasteiger partial charge in [-0.2, -0.15) is 9.29 Å². The minimum absolute atomic E-state index is 0.274. The molecule has 1 aliphatic heterocycles. The van der Waals surface area contributed by atoms with Gasteiger partial charge in [-0.25, -0.2) is 8.42 Å². The zero-order valence-electron chi connectivity index (χ0n) is 16.4. The van der Waals surface area contributed by atoms with Crippen molar-refractivity contribution in [2.75, 3.05) is 13.1 Å². The summed E-state index contributed by atoms with van der Waals surface area (Å²) in [6, 6.07) is 10.9. The van der Waals surface area contributed by atoms with Crippen LogP contribution in [0.1, 0.15) is 30.7 Å². The van der Waals surface area contributed by atoms with Crippen LogP contribution in [0.5, 0.6) is 0 Å². The lowest BCUT2D eigenvalue weighted by molar-refractivity contribution is 0.249. The average molecular weight is 413 g/mol. The number of aromatic nitrogens is 3. The predicted molar refractivity (Wildman–Crippen MR) is 109 cm³/mol. The SMILES string of the molecule is Cc1ccccc1S(=O)(=O)N1CCCC(CCc2nc(-c3cccnc3)no2)C1. The minimum Gasteiger partial charge on any atom is -0.339 e. The maximum absolute atomic E-state index is 13.1. The number of nitrogens with zero attached hydrogens (tertiary/aromatic N) is 4. The molecule has 0 bridgehead atoms. The summed E-state index contributed by atoms with van der Waals surface area (Å²) >= 11 is 0. The Morgan fingerprint density at radius 1 is 1.21 bits per heavy atom. The fourth-order valence-electron chi connectivity index (χ4n) is 3.76. The van der Waals surface area contributed by atoms with Crippen molar-refractivity contribution in [1.29, 1.82) is 0 Å². The standard InChI is InChI=1S/C21H24N4O3S/c1-16-6-2-3-9-19(16)29(26,27)25-13-5-7-17(15-25)10-11-20-23-21(24-28-20)18-8-4-12-22-14-18/h2-4,6,8-9,12,14,17H,5,7,10-11,13,15H2,1H3. The Morgan fingerprint density at radius 2 is 2.07 bits per heavy atom. The highest BCUT2D eigenvalue weighted by Crippen LogP contribution is 2.28. The molecule has 0 aliphatic carbocycles. The van der Waals surface area contributed by atoms with Crippen LogP contribution in [-0.2, 0) is 16.4 Å². The molecule has 3 aromatic rings. The van der Waals surface area contributed by atoms with Gasteiger partial charge in [0, 0.05) is 37.5 Å². The maximum atomic E-state index is 13.1. The van der Waals surface area contributed by atoms with Crippen LogP contribution in [0.2, 0.25) is 0 Å². The second kappa shape index (κ2) is 8.42. The first-order valence-corrected chi connectivity index (χ1v) is 11.3. The van der Waals surface area contributed by atoms with Crippen LogP contribution in [0.25, 0.3) is 11.4 Å². The first-order chi connectivity index (χ1) is 14.0. The molecule has 1 saturated heterocycles. The van der Waals surface area contributed by atoms with Crippen molar-refractivity contribution in [2.24, 2.45) is 5.92 Å². The van der Waals surface area contributed by atoms with E-state index in [-0.39, 0.29) is 5.92 Å². The molecule has 4 rings (SSSR count). The Labute approximate surface area is 170 Å². The van der Waals surface area contributed by atoms with E-state index in [0.29, 0.717) is 36.1 Å². The Bertz CT molecular complexity index is 1070. The topological polar surface area (TPSA) is 89.2 Å². The zero-order valence-corrected chi connectivity index (χ0v) is 17.2. The number of pyridine rings is 1. The van der Waals surface area contributed by atoms with Crippen molar-refractivity contribution >= 4 is 10.0 Å². The zero-order chi connectivity index (χ0) is 20.3. The molecule has 1 atom stereocenters. The second-order valence-electron chi connectivity index (χ2n) is 7.43. The van der Waals surface area contributed by atoms with E-state index in [1.54, 1.807) is 28.8 Å². The molecule has 0 amide bonds. The van der Waals surface area contributed by atoms with Gasteiger partial charge in [0.25, 0.3) is 0 Å². The van der Waals surface area contributed by atoms with Crippen LogP contribution in [0.15, 0.2) is 58.2 Å².